The van der Waals surface area contributed by atoms with E-state index in [0.29, 0.717) is 10.0 Å². The molecular weight excluding hydrogens is 405 g/mol. The van der Waals surface area contributed by atoms with Gasteiger partial charge in [-0.3, -0.25) is 0 Å². The minimum Gasteiger partial charge on any atom is -0.306 e. The molecule has 0 saturated carbocycles. The molecule has 1 atom stereocenters. The third kappa shape index (κ3) is 3.50. The zero-order chi connectivity index (χ0) is 14.7. The van der Waals surface area contributed by atoms with Gasteiger partial charge in [0.15, 0.2) is 0 Å². The number of hydrogen-bond donors (Lipinski definition) is 1. The fourth-order valence-corrected chi connectivity index (χ4v) is 4.07. The summed E-state index contributed by atoms with van der Waals surface area (Å²) in [6.45, 7) is 5.01. The summed E-state index contributed by atoms with van der Waals surface area (Å²) in [5.41, 5.74) is 1.87. The molecule has 2 rings (SSSR count). The normalized spacial score (nSPS) is 12.7. The van der Waals surface area contributed by atoms with Crippen molar-refractivity contribution in [3.63, 3.8) is 0 Å². The lowest BCUT2D eigenvalue weighted by molar-refractivity contribution is 0.547. The summed E-state index contributed by atoms with van der Waals surface area (Å²) in [6.07, 6.45) is 1.01. The number of nitrogens with one attached hydrogen (secondary N) is 1. The van der Waals surface area contributed by atoms with E-state index < -0.39 is 0 Å². The van der Waals surface area contributed by atoms with Gasteiger partial charge in [0, 0.05) is 10.4 Å². The summed E-state index contributed by atoms with van der Waals surface area (Å²) in [5, 5.41) is 3.44. The summed E-state index contributed by atoms with van der Waals surface area (Å²) in [5.74, 6) is -0.191. The number of halogens is 3. The molecule has 5 heteroatoms. The second-order valence-corrected chi connectivity index (χ2v) is 7.89. The lowest BCUT2D eigenvalue weighted by atomic mass is 10.0. The molecule has 1 aromatic heterocycles. The summed E-state index contributed by atoms with van der Waals surface area (Å²) in [6, 6.07) is 7.45. The molecule has 0 amide bonds. The minimum atomic E-state index is -0.191. The molecule has 0 aliphatic rings. The summed E-state index contributed by atoms with van der Waals surface area (Å²) in [7, 11) is 0. The maximum atomic E-state index is 14.4. The molecule has 1 N–H and O–H groups in total. The Labute approximate surface area is 139 Å². The van der Waals surface area contributed by atoms with Crippen LogP contribution in [-0.2, 0) is 0 Å². The molecule has 0 spiro atoms. The SMILES string of the molecule is CCCNC(c1cc(C)c(Br)s1)c1cccc(Br)c1F. The van der Waals surface area contributed by atoms with Crippen LogP contribution in [0.4, 0.5) is 4.39 Å². The average Bonchev–Trinajstić information content (AvgIpc) is 2.74. The van der Waals surface area contributed by atoms with Crippen molar-refractivity contribution in [2.24, 2.45) is 0 Å². The number of aryl methyl sites for hydroxylation is 1. The number of benzene rings is 1. The van der Waals surface area contributed by atoms with E-state index in [9.17, 15) is 4.39 Å². The molecule has 0 radical (unpaired) electrons. The van der Waals surface area contributed by atoms with Crippen LogP contribution in [0.5, 0.6) is 0 Å². The third-order valence-electron chi connectivity index (χ3n) is 3.05. The van der Waals surface area contributed by atoms with Crippen LogP contribution in [0.1, 0.15) is 35.4 Å². The van der Waals surface area contributed by atoms with Crippen LogP contribution < -0.4 is 5.32 Å². The van der Waals surface area contributed by atoms with E-state index in [4.69, 9.17) is 0 Å². The van der Waals surface area contributed by atoms with Crippen molar-refractivity contribution >= 4 is 43.2 Å². The maximum Gasteiger partial charge on any atom is 0.142 e. The van der Waals surface area contributed by atoms with Gasteiger partial charge in [-0.25, -0.2) is 4.39 Å². The number of thiophene rings is 1. The molecule has 0 aliphatic heterocycles. The largest absolute Gasteiger partial charge is 0.306 e. The van der Waals surface area contributed by atoms with E-state index in [1.54, 1.807) is 17.4 Å². The first-order chi connectivity index (χ1) is 9.54. The first-order valence-corrected chi connectivity index (χ1v) is 8.88. The fourth-order valence-electron chi connectivity index (χ4n) is 2.02. The van der Waals surface area contributed by atoms with Crippen LogP contribution in [0.2, 0.25) is 0 Å². The highest BCUT2D eigenvalue weighted by molar-refractivity contribution is 9.11. The molecule has 1 nitrogen and oxygen atoms in total. The fraction of sp³-hybridized carbons (Fsp3) is 0.333. The Hall–Kier alpha value is -0.230. The Morgan fingerprint density at radius 1 is 1.35 bits per heavy atom. The predicted octanol–water partition coefficient (Wildman–Crippen LogP) is 5.81. The molecule has 20 heavy (non-hydrogen) atoms. The first-order valence-electron chi connectivity index (χ1n) is 6.47. The lowest BCUT2D eigenvalue weighted by Crippen LogP contribution is -2.23. The van der Waals surface area contributed by atoms with Crippen molar-refractivity contribution < 1.29 is 4.39 Å². The lowest BCUT2D eigenvalue weighted by Gasteiger charge is -2.19. The van der Waals surface area contributed by atoms with Gasteiger partial charge in [-0.2, -0.15) is 0 Å². The van der Waals surface area contributed by atoms with E-state index in [1.807, 2.05) is 12.1 Å². The van der Waals surface area contributed by atoms with Gasteiger partial charge in [-0.05, 0) is 69.4 Å². The van der Waals surface area contributed by atoms with Crippen LogP contribution in [0.15, 0.2) is 32.5 Å². The van der Waals surface area contributed by atoms with Crippen LogP contribution >= 0.6 is 43.2 Å². The van der Waals surface area contributed by atoms with E-state index in [1.165, 1.54) is 5.56 Å². The zero-order valence-corrected chi connectivity index (χ0v) is 15.3. The van der Waals surface area contributed by atoms with Crippen molar-refractivity contribution in [1.29, 1.82) is 0 Å². The molecule has 0 bridgehead atoms. The van der Waals surface area contributed by atoms with Crippen LogP contribution in [-0.4, -0.2) is 6.54 Å². The number of rotatable bonds is 5. The smallest absolute Gasteiger partial charge is 0.142 e. The summed E-state index contributed by atoms with van der Waals surface area (Å²) < 4.78 is 16.0. The highest BCUT2D eigenvalue weighted by Crippen LogP contribution is 2.36. The topological polar surface area (TPSA) is 12.0 Å². The quantitative estimate of drug-likeness (QED) is 0.643. The zero-order valence-electron chi connectivity index (χ0n) is 11.3. The predicted molar refractivity (Wildman–Crippen MR) is 91.0 cm³/mol. The number of hydrogen-bond acceptors (Lipinski definition) is 2. The molecule has 108 valence electrons. The van der Waals surface area contributed by atoms with Gasteiger partial charge >= 0.3 is 0 Å². The van der Waals surface area contributed by atoms with Gasteiger partial charge in [0.05, 0.1) is 14.3 Å². The molecule has 0 aliphatic carbocycles. The average molecular weight is 421 g/mol. The Morgan fingerprint density at radius 2 is 2.10 bits per heavy atom. The second kappa shape index (κ2) is 7.16. The highest BCUT2D eigenvalue weighted by Gasteiger charge is 2.21. The van der Waals surface area contributed by atoms with Crippen molar-refractivity contribution in [2.75, 3.05) is 6.54 Å². The van der Waals surface area contributed by atoms with Gasteiger partial charge in [-0.15, -0.1) is 11.3 Å². The maximum absolute atomic E-state index is 14.4. The van der Waals surface area contributed by atoms with Gasteiger partial charge < -0.3 is 5.32 Å². The van der Waals surface area contributed by atoms with E-state index in [2.05, 4.69) is 57.1 Å². The molecule has 2 aromatic rings. The second-order valence-electron chi connectivity index (χ2n) is 4.64. The Kier molecular flexibility index (Phi) is 5.78. The monoisotopic (exact) mass is 419 g/mol. The Bertz CT molecular complexity index is 578. The van der Waals surface area contributed by atoms with Crippen molar-refractivity contribution in [3.05, 3.63) is 54.3 Å². The van der Waals surface area contributed by atoms with Gasteiger partial charge in [0.25, 0.3) is 0 Å². The van der Waals surface area contributed by atoms with E-state index in [0.717, 1.165) is 21.6 Å². The molecule has 0 fully saturated rings. The van der Waals surface area contributed by atoms with Crippen LogP contribution in [0, 0.1) is 12.7 Å². The Morgan fingerprint density at radius 3 is 2.70 bits per heavy atom. The summed E-state index contributed by atoms with van der Waals surface area (Å²) >= 11 is 8.47. The van der Waals surface area contributed by atoms with Gasteiger partial charge in [-0.1, -0.05) is 19.1 Å². The molecular formula is C15H16Br2FNS. The molecule has 0 saturated heterocycles. The molecule has 1 aromatic carbocycles. The minimum absolute atomic E-state index is 0.109. The van der Waals surface area contributed by atoms with E-state index >= 15 is 0 Å². The molecule has 1 heterocycles. The third-order valence-corrected chi connectivity index (χ3v) is 5.87. The summed E-state index contributed by atoms with van der Waals surface area (Å²) in [4.78, 5) is 1.12. The van der Waals surface area contributed by atoms with E-state index in [-0.39, 0.29) is 11.9 Å². The van der Waals surface area contributed by atoms with Gasteiger partial charge in [0.1, 0.15) is 5.82 Å². The van der Waals surface area contributed by atoms with Crippen molar-refractivity contribution in [1.82, 2.24) is 5.32 Å². The highest BCUT2D eigenvalue weighted by atomic mass is 79.9. The van der Waals surface area contributed by atoms with Crippen molar-refractivity contribution in [3.8, 4) is 0 Å². The first kappa shape index (κ1) is 16.1. The Balaban J connectivity index is 2.44. The standard InChI is InChI=1S/C15H16Br2FNS/c1-3-7-19-14(12-8-9(2)15(17)20-12)10-5-4-6-11(16)13(10)18/h4-6,8,14,19H,3,7H2,1-2H3. The van der Waals surface area contributed by atoms with Crippen molar-refractivity contribution in [2.45, 2.75) is 26.3 Å². The van der Waals surface area contributed by atoms with Crippen LogP contribution in [0.3, 0.4) is 0 Å². The van der Waals surface area contributed by atoms with Crippen LogP contribution in [0.25, 0.3) is 0 Å². The molecule has 1 unspecified atom stereocenters. The van der Waals surface area contributed by atoms with Gasteiger partial charge in [0.2, 0.25) is 0 Å².